The first kappa shape index (κ1) is 47.5. The van der Waals surface area contributed by atoms with Crippen molar-refractivity contribution < 1.29 is 9.13 Å². The van der Waals surface area contributed by atoms with Crippen LogP contribution in [0.3, 0.4) is 0 Å². The summed E-state index contributed by atoms with van der Waals surface area (Å²) in [5, 5.41) is 1.55. The van der Waals surface area contributed by atoms with Crippen molar-refractivity contribution in [2.24, 2.45) is 0 Å². The summed E-state index contributed by atoms with van der Waals surface area (Å²) in [4.78, 5) is 7.25. The third kappa shape index (κ3) is 7.66. The molecule has 6 heterocycles. The Hall–Kier alpha value is -6.22. The lowest BCUT2D eigenvalue weighted by atomic mass is 9.99. The van der Waals surface area contributed by atoms with Gasteiger partial charge in [-0.3, -0.25) is 27.8 Å². The first-order valence-corrected chi connectivity index (χ1v) is 31.6. The molecule has 9 aromatic rings. The van der Waals surface area contributed by atoms with Gasteiger partial charge in [-0.2, -0.15) is 0 Å². The SMILES string of the molecule is CC1=CCC(c2ccc(-c3ccc(C)s3)c3c2N(c2ccccc2)P(=O)(c2ccc(P4(=O)N(c5ccccc5)c5c(-c6ccc(C)s6)ccc(C6CC=C(C)S6)c5N4c4ccccc4)cc2)N3c2ccccc2)S1. The third-order valence-corrected chi connectivity index (χ3v) is 24.9. The van der Waals surface area contributed by atoms with Crippen molar-refractivity contribution in [1.29, 1.82) is 0 Å². The van der Waals surface area contributed by atoms with Crippen LogP contribution in [0, 0.1) is 13.8 Å². The minimum Gasteiger partial charge on any atom is -0.269 e. The second-order valence-corrected chi connectivity index (χ2v) is 29.4. The van der Waals surface area contributed by atoms with Gasteiger partial charge < -0.3 is 0 Å². The van der Waals surface area contributed by atoms with Crippen LogP contribution in [0.4, 0.5) is 45.5 Å². The first-order valence-electron chi connectivity index (χ1n) is 25.0. The maximum atomic E-state index is 17.8. The number of anilines is 8. The van der Waals surface area contributed by atoms with Crippen molar-refractivity contribution in [3.05, 3.63) is 237 Å². The molecule has 7 aromatic carbocycles. The largest absolute Gasteiger partial charge is 0.301 e. The average molecular weight is 1080 g/mol. The Morgan fingerprint density at radius 1 is 0.378 bits per heavy atom. The molecule has 366 valence electrons. The summed E-state index contributed by atoms with van der Waals surface area (Å²) >= 11 is 7.28. The van der Waals surface area contributed by atoms with Crippen LogP contribution in [0.15, 0.2) is 216 Å². The number of benzene rings is 7. The molecule has 0 spiro atoms. The Labute approximate surface area is 450 Å². The molecule has 0 bridgehead atoms. The van der Waals surface area contributed by atoms with Crippen LogP contribution >= 0.6 is 61.1 Å². The minimum absolute atomic E-state index is 0.137. The molecule has 2 aromatic heterocycles. The molecule has 0 amide bonds. The highest BCUT2D eigenvalue weighted by Crippen LogP contribution is 2.76. The number of nitrogens with zero attached hydrogens (tertiary/aromatic N) is 4. The Bertz CT molecular complexity index is 3540. The van der Waals surface area contributed by atoms with E-state index in [9.17, 15) is 0 Å². The van der Waals surface area contributed by atoms with Gasteiger partial charge in [0, 0.05) is 63.9 Å². The maximum Gasteiger partial charge on any atom is 0.301 e. The van der Waals surface area contributed by atoms with Gasteiger partial charge in [0.05, 0.1) is 33.4 Å². The standard InChI is InChI=1S/C62H52N4O2P2S4/c1-41-25-37-55(71-41)51-33-34-52(56-38-26-42(2)72-56)60-59(51)63(45-17-9-5-10-18-45)69(67,64(60)46-19-11-6-12-20-46)49-29-31-50(32-30-49)70(68)65(47-21-13-7-14-22-47)61-53(57-39-27-43(3)73-57)35-36-54(58-40-28-44(4)74-58)62(61)66(70)48-23-15-8-16-24-48/h5-37,39,56,58H,38,40H2,1-4H3. The summed E-state index contributed by atoms with van der Waals surface area (Å²) in [5.41, 5.74) is 11.5. The van der Waals surface area contributed by atoms with Gasteiger partial charge in [0.1, 0.15) is 0 Å². The van der Waals surface area contributed by atoms with Gasteiger partial charge in [-0.1, -0.05) is 109 Å². The molecule has 0 saturated heterocycles. The molecule has 4 atom stereocenters. The zero-order valence-corrected chi connectivity index (χ0v) is 46.4. The Balaban J connectivity index is 1.07. The van der Waals surface area contributed by atoms with Crippen molar-refractivity contribution in [1.82, 2.24) is 0 Å². The van der Waals surface area contributed by atoms with Gasteiger partial charge >= 0.3 is 14.9 Å². The van der Waals surface area contributed by atoms with Crippen molar-refractivity contribution in [2.45, 2.75) is 51.0 Å². The van der Waals surface area contributed by atoms with Gasteiger partial charge in [-0.05, 0) is 159 Å². The van der Waals surface area contributed by atoms with Crippen LogP contribution < -0.4 is 29.3 Å². The van der Waals surface area contributed by atoms with E-state index in [1.807, 2.05) is 121 Å². The summed E-state index contributed by atoms with van der Waals surface area (Å²) in [6.07, 6.45) is 6.41. The number of aryl methyl sites for hydroxylation is 2. The lowest BCUT2D eigenvalue weighted by Gasteiger charge is -2.35. The van der Waals surface area contributed by atoms with E-state index in [0.29, 0.717) is 10.6 Å². The molecule has 4 unspecified atom stereocenters. The molecule has 0 saturated carbocycles. The second-order valence-electron chi connectivity index (χ2n) is 19.1. The molecule has 0 fully saturated rings. The summed E-state index contributed by atoms with van der Waals surface area (Å²) in [5.74, 6) is 0. The van der Waals surface area contributed by atoms with Crippen molar-refractivity contribution in [3.8, 4) is 20.9 Å². The summed E-state index contributed by atoms with van der Waals surface area (Å²) in [6, 6.07) is 66.9. The topological polar surface area (TPSA) is 47.1 Å². The smallest absolute Gasteiger partial charge is 0.269 e. The lowest BCUT2D eigenvalue weighted by molar-refractivity contribution is 0.581. The Morgan fingerprint density at radius 3 is 0.986 bits per heavy atom. The van der Waals surface area contributed by atoms with Gasteiger partial charge in [0.15, 0.2) is 0 Å². The average Bonchev–Trinajstić information content (AvgIpc) is 4.32. The molecule has 12 heteroatoms. The van der Waals surface area contributed by atoms with Gasteiger partial charge in [-0.15, -0.1) is 46.2 Å². The van der Waals surface area contributed by atoms with Crippen molar-refractivity contribution in [2.75, 3.05) is 18.7 Å². The van der Waals surface area contributed by atoms with E-state index in [1.54, 1.807) is 22.7 Å². The highest BCUT2D eigenvalue weighted by Gasteiger charge is 2.55. The number of para-hydroxylation sites is 4. The Morgan fingerprint density at radius 2 is 0.703 bits per heavy atom. The zero-order valence-electron chi connectivity index (χ0n) is 41.3. The van der Waals surface area contributed by atoms with Gasteiger partial charge in [0.2, 0.25) is 0 Å². The summed E-state index contributed by atoms with van der Waals surface area (Å²) in [7, 11) is -7.85. The lowest BCUT2D eigenvalue weighted by Crippen LogP contribution is -2.30. The van der Waals surface area contributed by atoms with Gasteiger partial charge in [0.25, 0.3) is 0 Å². The molecule has 4 aliphatic rings. The maximum absolute atomic E-state index is 17.8. The van der Waals surface area contributed by atoms with Crippen LogP contribution in [0.25, 0.3) is 20.9 Å². The second kappa shape index (κ2) is 18.9. The fraction of sp³-hybridized carbons (Fsp3) is 0.129. The normalized spacial score (nSPS) is 21.0. The number of hydrogen-bond acceptors (Lipinski definition) is 6. The number of thioether (sulfide) groups is 2. The Kier molecular flexibility index (Phi) is 12.1. The fourth-order valence-corrected chi connectivity index (χ4v) is 21.3. The predicted octanol–water partition coefficient (Wildman–Crippen LogP) is 19.5. The monoisotopic (exact) mass is 1070 g/mol. The van der Waals surface area contributed by atoms with Crippen LogP contribution in [-0.4, -0.2) is 0 Å². The van der Waals surface area contributed by atoms with Crippen LogP contribution in [-0.2, 0) is 9.13 Å². The highest BCUT2D eigenvalue weighted by molar-refractivity contribution is 8.03. The van der Waals surface area contributed by atoms with E-state index < -0.39 is 14.9 Å². The number of thiophene rings is 2. The molecule has 0 radical (unpaired) electrons. The first-order chi connectivity index (χ1) is 36.1. The van der Waals surface area contributed by atoms with E-state index in [0.717, 1.165) is 90.3 Å². The molecular weight excluding hydrogens is 1020 g/mol. The van der Waals surface area contributed by atoms with Crippen molar-refractivity contribution in [3.63, 3.8) is 0 Å². The number of allylic oxidation sites excluding steroid dienone is 4. The van der Waals surface area contributed by atoms with Crippen LogP contribution in [0.2, 0.25) is 0 Å². The van der Waals surface area contributed by atoms with Gasteiger partial charge in [-0.25, -0.2) is 0 Å². The van der Waals surface area contributed by atoms with E-state index in [1.165, 1.54) is 19.6 Å². The van der Waals surface area contributed by atoms with E-state index in [2.05, 4.69) is 156 Å². The van der Waals surface area contributed by atoms with Crippen LogP contribution in [0.5, 0.6) is 0 Å². The highest BCUT2D eigenvalue weighted by atomic mass is 32.2. The van der Waals surface area contributed by atoms with E-state index >= 15 is 9.13 Å². The predicted molar refractivity (Wildman–Crippen MR) is 322 cm³/mol. The molecule has 0 aliphatic carbocycles. The van der Waals surface area contributed by atoms with E-state index in [4.69, 9.17) is 0 Å². The molecule has 13 rings (SSSR count). The molecule has 74 heavy (non-hydrogen) atoms. The molecule has 4 aliphatic heterocycles. The summed E-state index contributed by atoms with van der Waals surface area (Å²) < 4.78 is 44.2. The molecule has 0 N–H and O–H groups in total. The zero-order chi connectivity index (χ0) is 50.3. The van der Waals surface area contributed by atoms with Crippen LogP contribution in [0.1, 0.15) is 58.1 Å². The quantitative estimate of drug-likeness (QED) is 0.126. The molecule has 6 nitrogen and oxygen atoms in total. The number of hydrogen-bond donors (Lipinski definition) is 0. The third-order valence-electron chi connectivity index (χ3n) is 14.4. The minimum atomic E-state index is -3.92. The fourth-order valence-electron chi connectivity index (χ4n) is 11.2. The summed E-state index contributed by atoms with van der Waals surface area (Å²) in [6.45, 7) is 8.67. The number of rotatable bonds is 10. The number of fused-ring (bicyclic) bond motifs is 2. The van der Waals surface area contributed by atoms with E-state index in [-0.39, 0.29) is 10.5 Å². The van der Waals surface area contributed by atoms with Crippen molar-refractivity contribution >= 4 is 117 Å². The molecular formula is C62H52N4O2P2S4.